The molecule has 0 fully saturated rings. The Kier molecular flexibility index (Phi) is 3.55. The summed E-state index contributed by atoms with van der Waals surface area (Å²) in [6.45, 7) is 4.75. The highest BCUT2D eigenvalue weighted by atomic mass is 15.0. The van der Waals surface area contributed by atoms with Crippen LogP contribution in [0.5, 0.6) is 0 Å². The average molecular weight is 449 g/mol. The van der Waals surface area contributed by atoms with Crippen LogP contribution in [0.4, 0.5) is 5.69 Å². The van der Waals surface area contributed by atoms with Crippen molar-refractivity contribution in [1.29, 1.82) is 0 Å². The van der Waals surface area contributed by atoms with Gasteiger partial charge in [0.15, 0.2) is 0 Å². The molecule has 2 heteroatoms. The monoisotopic (exact) mass is 448 g/mol. The van der Waals surface area contributed by atoms with Crippen LogP contribution >= 0.6 is 0 Å². The molecule has 1 aliphatic carbocycles. The van der Waals surface area contributed by atoms with Gasteiger partial charge in [0.25, 0.3) is 0 Å². The summed E-state index contributed by atoms with van der Waals surface area (Å²) in [7, 11) is 0. The maximum Gasteiger partial charge on any atom is 0.0682 e. The standard InChI is InChI=1S/C33H24N2/c1-33(2)26-15-14-23-22-10-5-6-12-29(22)35(30-13-7-11-28-24(30)16-17-34-28)32(23)31(26)25-18-20-8-3-4-9-21(20)19-27(25)33/h3-15,17-19H,16H2,1-2H3. The van der Waals surface area contributed by atoms with Gasteiger partial charge in [-0.25, -0.2) is 0 Å². The molecule has 2 heterocycles. The first-order chi connectivity index (χ1) is 17.1. The number of nitrogens with zero attached hydrogens (tertiary/aromatic N) is 2. The number of para-hydroxylation sites is 1. The van der Waals surface area contributed by atoms with Crippen LogP contribution in [0.15, 0.2) is 96.0 Å². The number of rotatable bonds is 1. The zero-order chi connectivity index (χ0) is 23.3. The van der Waals surface area contributed by atoms with Gasteiger partial charge in [-0.3, -0.25) is 4.99 Å². The highest BCUT2D eigenvalue weighted by Crippen LogP contribution is 2.54. The highest BCUT2D eigenvalue weighted by Gasteiger charge is 2.38. The summed E-state index contributed by atoms with van der Waals surface area (Å²) in [6, 6.07) is 33.7. The summed E-state index contributed by atoms with van der Waals surface area (Å²) < 4.78 is 2.51. The Hall–Kier alpha value is -4.17. The van der Waals surface area contributed by atoms with Gasteiger partial charge in [-0.05, 0) is 57.8 Å². The molecule has 8 rings (SSSR count). The highest BCUT2D eigenvalue weighted by molar-refractivity contribution is 6.16. The van der Waals surface area contributed by atoms with Crippen LogP contribution in [-0.4, -0.2) is 10.8 Å². The van der Waals surface area contributed by atoms with Gasteiger partial charge in [0.1, 0.15) is 0 Å². The molecule has 1 aliphatic heterocycles. The van der Waals surface area contributed by atoms with Crippen molar-refractivity contribution >= 4 is 44.5 Å². The van der Waals surface area contributed by atoms with Gasteiger partial charge in [-0.1, -0.05) is 74.5 Å². The smallest absolute Gasteiger partial charge is 0.0682 e. The average Bonchev–Trinajstić information content (AvgIpc) is 3.55. The van der Waals surface area contributed by atoms with Crippen molar-refractivity contribution in [1.82, 2.24) is 4.57 Å². The molecule has 166 valence electrons. The van der Waals surface area contributed by atoms with E-state index in [1.165, 1.54) is 66.1 Å². The Balaban J connectivity index is 1.59. The summed E-state index contributed by atoms with van der Waals surface area (Å²) in [5.74, 6) is 0. The van der Waals surface area contributed by atoms with Gasteiger partial charge in [-0.2, -0.15) is 0 Å². The molecule has 2 nitrogen and oxygen atoms in total. The van der Waals surface area contributed by atoms with Crippen LogP contribution in [0.25, 0.3) is 49.4 Å². The fourth-order valence-corrected chi connectivity index (χ4v) is 6.55. The Bertz CT molecular complexity index is 1900. The van der Waals surface area contributed by atoms with E-state index in [-0.39, 0.29) is 5.41 Å². The first kappa shape index (κ1) is 19.2. The minimum absolute atomic E-state index is 0.0636. The molecule has 35 heavy (non-hydrogen) atoms. The first-order valence-electron chi connectivity index (χ1n) is 12.4. The van der Waals surface area contributed by atoms with Gasteiger partial charge in [0.2, 0.25) is 0 Å². The van der Waals surface area contributed by atoms with Gasteiger partial charge in [0.05, 0.1) is 22.4 Å². The molecule has 0 unspecified atom stereocenters. The summed E-state index contributed by atoms with van der Waals surface area (Å²) in [5, 5.41) is 5.21. The number of hydrogen-bond acceptors (Lipinski definition) is 1. The molecule has 1 aromatic heterocycles. The lowest BCUT2D eigenvalue weighted by atomic mass is 9.82. The lowest BCUT2D eigenvalue weighted by molar-refractivity contribution is 0.661. The number of aliphatic imine (C=N–C) groups is 1. The number of fused-ring (bicyclic) bond motifs is 9. The molecular formula is C33H24N2. The third-order valence-corrected chi connectivity index (χ3v) is 8.23. The molecule has 0 bridgehead atoms. The zero-order valence-corrected chi connectivity index (χ0v) is 19.8. The van der Waals surface area contributed by atoms with Crippen LogP contribution in [0.1, 0.15) is 30.5 Å². The second-order valence-corrected chi connectivity index (χ2v) is 10.4. The molecule has 0 saturated heterocycles. The van der Waals surface area contributed by atoms with E-state index in [0.29, 0.717) is 0 Å². The van der Waals surface area contributed by atoms with Crippen LogP contribution in [0.2, 0.25) is 0 Å². The summed E-state index contributed by atoms with van der Waals surface area (Å²) in [6.07, 6.45) is 2.91. The van der Waals surface area contributed by atoms with Crippen LogP contribution in [-0.2, 0) is 11.8 Å². The third-order valence-electron chi connectivity index (χ3n) is 8.23. The molecule has 2 aliphatic rings. The van der Waals surface area contributed by atoms with Crippen LogP contribution in [0, 0.1) is 0 Å². The normalized spacial score (nSPS) is 15.1. The molecule has 0 spiro atoms. The third kappa shape index (κ3) is 2.37. The molecule has 5 aromatic carbocycles. The van der Waals surface area contributed by atoms with Crippen molar-refractivity contribution in [2.24, 2.45) is 4.99 Å². The van der Waals surface area contributed by atoms with Crippen LogP contribution < -0.4 is 0 Å². The predicted molar refractivity (Wildman–Crippen MR) is 148 cm³/mol. The molecule has 0 radical (unpaired) electrons. The van der Waals surface area contributed by atoms with E-state index in [1.807, 2.05) is 6.21 Å². The van der Waals surface area contributed by atoms with Crippen molar-refractivity contribution in [3.8, 4) is 16.8 Å². The molecule has 6 aromatic rings. The van der Waals surface area contributed by atoms with E-state index in [1.54, 1.807) is 0 Å². The van der Waals surface area contributed by atoms with Gasteiger partial charge in [0, 0.05) is 39.9 Å². The minimum Gasteiger partial charge on any atom is -0.308 e. The fraction of sp³-hybridized carbons (Fsp3) is 0.121. The second-order valence-electron chi connectivity index (χ2n) is 10.4. The fourth-order valence-electron chi connectivity index (χ4n) is 6.55. The summed E-state index contributed by atoms with van der Waals surface area (Å²) >= 11 is 0. The van der Waals surface area contributed by atoms with Gasteiger partial charge >= 0.3 is 0 Å². The van der Waals surface area contributed by atoms with Crippen molar-refractivity contribution < 1.29 is 0 Å². The quantitative estimate of drug-likeness (QED) is 0.240. The number of aromatic nitrogens is 1. The van der Waals surface area contributed by atoms with Crippen molar-refractivity contribution in [2.75, 3.05) is 0 Å². The molecule has 0 N–H and O–H groups in total. The zero-order valence-electron chi connectivity index (χ0n) is 19.8. The Morgan fingerprint density at radius 2 is 1.54 bits per heavy atom. The van der Waals surface area contributed by atoms with Gasteiger partial charge in [-0.15, -0.1) is 0 Å². The first-order valence-corrected chi connectivity index (χ1v) is 12.4. The van der Waals surface area contributed by atoms with E-state index >= 15 is 0 Å². The predicted octanol–water partition coefficient (Wildman–Crippen LogP) is 8.50. The maximum absolute atomic E-state index is 4.66. The van der Waals surface area contributed by atoms with Gasteiger partial charge < -0.3 is 4.57 Å². The van der Waals surface area contributed by atoms with Crippen molar-refractivity contribution in [3.63, 3.8) is 0 Å². The molecule has 0 saturated carbocycles. The van der Waals surface area contributed by atoms with E-state index in [9.17, 15) is 0 Å². The minimum atomic E-state index is -0.0636. The Morgan fingerprint density at radius 3 is 2.43 bits per heavy atom. The molecular weight excluding hydrogens is 424 g/mol. The van der Waals surface area contributed by atoms with Crippen LogP contribution in [0.3, 0.4) is 0 Å². The maximum atomic E-state index is 4.66. The Morgan fingerprint density at radius 1 is 0.743 bits per heavy atom. The van der Waals surface area contributed by atoms with E-state index < -0.39 is 0 Å². The topological polar surface area (TPSA) is 17.3 Å². The summed E-state index contributed by atoms with van der Waals surface area (Å²) in [5.41, 5.74) is 11.7. The van der Waals surface area contributed by atoms with E-state index in [2.05, 4.69) is 114 Å². The van der Waals surface area contributed by atoms with E-state index in [4.69, 9.17) is 0 Å². The largest absolute Gasteiger partial charge is 0.308 e. The lowest BCUT2D eigenvalue weighted by Crippen LogP contribution is -2.14. The molecule has 0 atom stereocenters. The number of benzene rings is 5. The Labute approximate surface area is 204 Å². The summed E-state index contributed by atoms with van der Waals surface area (Å²) in [4.78, 5) is 4.66. The number of hydrogen-bond donors (Lipinski definition) is 0. The molecule has 0 amide bonds. The lowest BCUT2D eigenvalue weighted by Gasteiger charge is -2.22. The van der Waals surface area contributed by atoms with E-state index in [0.717, 1.165) is 12.1 Å². The SMILES string of the molecule is CC1(C)c2cc3ccccc3cc2-c2c1ccc1c3ccccc3n(-c3cccc4c3CC=N4)c21. The van der Waals surface area contributed by atoms with Crippen molar-refractivity contribution in [2.45, 2.75) is 25.7 Å². The second kappa shape index (κ2) is 6.49. The van der Waals surface area contributed by atoms with Crippen molar-refractivity contribution in [3.05, 3.63) is 108 Å².